The molecule has 3 aromatic rings. The Morgan fingerprint density at radius 1 is 1.26 bits per heavy atom. The molecule has 1 aliphatic rings. The monoisotopic (exact) mass is 331 g/mol. The molecule has 3 heterocycles. The number of anilines is 1. The number of aromatic nitrogens is 3. The van der Waals surface area contributed by atoms with E-state index in [1.807, 2.05) is 12.1 Å². The molecule has 1 aliphatic heterocycles. The van der Waals surface area contributed by atoms with Gasteiger partial charge in [-0.15, -0.1) is 0 Å². The smallest absolute Gasteiger partial charge is 0.220 e. The van der Waals surface area contributed by atoms with Gasteiger partial charge in [0, 0.05) is 23.7 Å². The van der Waals surface area contributed by atoms with E-state index >= 15 is 0 Å². The third kappa shape index (κ3) is 2.43. The zero-order valence-electron chi connectivity index (χ0n) is 12.0. The van der Waals surface area contributed by atoms with Crippen LogP contribution in [0.5, 0.6) is 0 Å². The van der Waals surface area contributed by atoms with Crippen LogP contribution in [0.1, 0.15) is 17.0 Å². The van der Waals surface area contributed by atoms with E-state index in [0.717, 1.165) is 5.56 Å². The molecule has 0 fully saturated rings. The Kier molecular flexibility index (Phi) is 3.06. The number of nitrogens with two attached hydrogens (primary N) is 1. The Hall–Kier alpha value is -2.52. The summed E-state index contributed by atoms with van der Waals surface area (Å²) in [6.45, 7) is 0.438. The van der Waals surface area contributed by atoms with Crippen LogP contribution < -0.4 is 5.73 Å². The Morgan fingerprint density at radius 3 is 2.96 bits per heavy atom. The third-order valence-electron chi connectivity index (χ3n) is 3.81. The van der Waals surface area contributed by atoms with Crippen molar-refractivity contribution < 1.29 is 12.9 Å². The predicted molar refractivity (Wildman–Crippen MR) is 82.3 cm³/mol. The van der Waals surface area contributed by atoms with Gasteiger partial charge < -0.3 is 10.3 Å². The van der Waals surface area contributed by atoms with Gasteiger partial charge in [-0.1, -0.05) is 17.3 Å². The first kappa shape index (κ1) is 14.1. The van der Waals surface area contributed by atoms with Crippen molar-refractivity contribution in [3.05, 3.63) is 47.4 Å². The normalized spacial score (nSPS) is 15.1. The van der Waals surface area contributed by atoms with Crippen LogP contribution in [0, 0.1) is 0 Å². The molecule has 0 spiro atoms. The predicted octanol–water partition coefficient (Wildman–Crippen LogP) is 1.05. The minimum Gasteiger partial charge on any atom is -0.368 e. The van der Waals surface area contributed by atoms with E-state index in [9.17, 15) is 8.42 Å². The number of nitrogen functional groups attached to an aromatic ring is 1. The van der Waals surface area contributed by atoms with Crippen LogP contribution in [0.4, 0.5) is 5.95 Å². The van der Waals surface area contributed by atoms with Gasteiger partial charge in [-0.2, -0.15) is 4.31 Å². The van der Waals surface area contributed by atoms with Crippen molar-refractivity contribution in [2.45, 2.75) is 18.8 Å². The lowest BCUT2D eigenvalue weighted by atomic mass is 10.2. The van der Waals surface area contributed by atoms with Crippen LogP contribution in [0.15, 0.2) is 35.0 Å². The van der Waals surface area contributed by atoms with Crippen molar-refractivity contribution in [1.29, 1.82) is 0 Å². The van der Waals surface area contributed by atoms with Gasteiger partial charge in [0.15, 0.2) is 5.58 Å². The van der Waals surface area contributed by atoms with Crippen LogP contribution in [-0.2, 0) is 28.9 Å². The van der Waals surface area contributed by atoms with Crippen molar-refractivity contribution in [2.24, 2.45) is 0 Å². The van der Waals surface area contributed by atoms with Gasteiger partial charge >= 0.3 is 0 Å². The minimum atomic E-state index is -3.55. The summed E-state index contributed by atoms with van der Waals surface area (Å²) in [4.78, 5) is 7.99. The van der Waals surface area contributed by atoms with E-state index in [4.69, 9.17) is 10.3 Å². The van der Waals surface area contributed by atoms with Crippen LogP contribution in [0.3, 0.4) is 0 Å². The Balaban J connectivity index is 1.62. The summed E-state index contributed by atoms with van der Waals surface area (Å²) < 4.78 is 31.8. The van der Waals surface area contributed by atoms with Gasteiger partial charge in [0.1, 0.15) is 11.4 Å². The summed E-state index contributed by atoms with van der Waals surface area (Å²) in [6, 6.07) is 7.18. The molecule has 0 bridgehead atoms. The molecule has 0 amide bonds. The Bertz CT molecular complexity index is 999. The van der Waals surface area contributed by atoms with Crippen molar-refractivity contribution in [2.75, 3.05) is 5.73 Å². The Morgan fingerprint density at radius 2 is 2.09 bits per heavy atom. The van der Waals surface area contributed by atoms with Gasteiger partial charge in [0.05, 0.1) is 12.2 Å². The molecule has 0 aliphatic carbocycles. The van der Waals surface area contributed by atoms with E-state index in [1.54, 1.807) is 18.3 Å². The molecule has 0 atom stereocenters. The Labute approximate surface area is 132 Å². The summed E-state index contributed by atoms with van der Waals surface area (Å²) >= 11 is 0. The fraction of sp³-hybridized carbons (Fsp3) is 0.214. The average Bonchev–Trinajstić information content (AvgIpc) is 3.11. The first-order chi connectivity index (χ1) is 11.0. The molecule has 0 saturated heterocycles. The van der Waals surface area contributed by atoms with Crippen LogP contribution >= 0.6 is 0 Å². The summed E-state index contributed by atoms with van der Waals surface area (Å²) in [6.07, 6.45) is 1.57. The topological polar surface area (TPSA) is 115 Å². The van der Waals surface area contributed by atoms with Gasteiger partial charge in [0.25, 0.3) is 0 Å². The second-order valence-corrected chi connectivity index (χ2v) is 7.32. The summed E-state index contributed by atoms with van der Waals surface area (Å²) in [5, 5.41) is 4.59. The zero-order valence-corrected chi connectivity index (χ0v) is 12.8. The van der Waals surface area contributed by atoms with E-state index in [2.05, 4.69) is 15.1 Å². The number of fused-ring (bicyclic) bond motifs is 2. The van der Waals surface area contributed by atoms with Crippen molar-refractivity contribution >= 4 is 26.9 Å². The highest BCUT2D eigenvalue weighted by Crippen LogP contribution is 2.27. The van der Waals surface area contributed by atoms with Gasteiger partial charge in [-0.05, 0) is 12.1 Å². The van der Waals surface area contributed by atoms with E-state index < -0.39 is 10.0 Å². The van der Waals surface area contributed by atoms with Gasteiger partial charge in [-0.3, -0.25) is 0 Å². The second-order valence-electron chi connectivity index (χ2n) is 5.35. The third-order valence-corrected chi connectivity index (χ3v) is 5.49. The number of rotatable bonds is 3. The molecule has 2 N–H and O–H groups in total. The van der Waals surface area contributed by atoms with Crippen LogP contribution in [0.2, 0.25) is 0 Å². The molecule has 23 heavy (non-hydrogen) atoms. The molecular weight excluding hydrogens is 318 g/mol. The fourth-order valence-electron chi connectivity index (χ4n) is 2.64. The molecule has 0 saturated carbocycles. The molecule has 0 radical (unpaired) electrons. The molecule has 9 heteroatoms. The quantitative estimate of drug-likeness (QED) is 0.762. The van der Waals surface area contributed by atoms with Crippen molar-refractivity contribution in [1.82, 2.24) is 19.4 Å². The highest BCUT2D eigenvalue weighted by atomic mass is 32.2. The minimum absolute atomic E-state index is 0.144. The number of nitrogens with zero attached hydrogens (tertiary/aromatic N) is 4. The maximum Gasteiger partial charge on any atom is 0.220 e. The highest BCUT2D eigenvalue weighted by Gasteiger charge is 2.31. The number of para-hydroxylation sites is 1. The molecule has 0 unspecified atom stereocenters. The molecular formula is C14H13N5O3S. The molecule has 8 nitrogen and oxygen atoms in total. The number of hydrogen-bond acceptors (Lipinski definition) is 7. The summed E-state index contributed by atoms with van der Waals surface area (Å²) in [5.74, 6) is -0.0773. The van der Waals surface area contributed by atoms with Gasteiger partial charge in [0.2, 0.25) is 16.0 Å². The molecule has 4 rings (SSSR count). The second kappa shape index (κ2) is 5.00. The SMILES string of the molecule is Nc1ncc2c(n1)CN(S(=O)(=O)Cc1noc3ccccc13)C2. The van der Waals surface area contributed by atoms with E-state index in [1.165, 1.54) is 4.31 Å². The fourth-order valence-corrected chi connectivity index (χ4v) is 4.03. The summed E-state index contributed by atoms with van der Waals surface area (Å²) in [5.41, 5.74) is 7.94. The van der Waals surface area contributed by atoms with E-state index in [0.29, 0.717) is 22.4 Å². The molecule has 1 aromatic carbocycles. The maximum absolute atomic E-state index is 12.7. The van der Waals surface area contributed by atoms with Crippen molar-refractivity contribution in [3.63, 3.8) is 0 Å². The first-order valence-electron chi connectivity index (χ1n) is 6.94. The zero-order chi connectivity index (χ0) is 16.0. The average molecular weight is 331 g/mol. The first-order valence-corrected chi connectivity index (χ1v) is 8.55. The van der Waals surface area contributed by atoms with Gasteiger partial charge in [-0.25, -0.2) is 18.4 Å². The largest absolute Gasteiger partial charge is 0.368 e. The lowest BCUT2D eigenvalue weighted by Gasteiger charge is -2.14. The number of sulfonamides is 1. The lowest BCUT2D eigenvalue weighted by molar-refractivity contribution is 0.423. The molecule has 118 valence electrons. The van der Waals surface area contributed by atoms with Crippen LogP contribution in [0.25, 0.3) is 11.0 Å². The van der Waals surface area contributed by atoms with Crippen molar-refractivity contribution in [3.8, 4) is 0 Å². The standard InChI is InChI=1S/C14H13N5O3S/c15-14-16-5-9-6-19(7-11(9)17-14)23(20,21)8-12-10-3-1-2-4-13(10)22-18-12/h1-5H,6-8H2,(H2,15,16,17). The maximum atomic E-state index is 12.7. The molecule has 2 aromatic heterocycles. The summed E-state index contributed by atoms with van der Waals surface area (Å²) in [7, 11) is -3.55. The number of hydrogen-bond donors (Lipinski definition) is 1. The lowest BCUT2D eigenvalue weighted by Crippen LogP contribution is -2.27. The highest BCUT2D eigenvalue weighted by molar-refractivity contribution is 7.88. The van der Waals surface area contributed by atoms with E-state index in [-0.39, 0.29) is 24.8 Å². The number of benzene rings is 1. The van der Waals surface area contributed by atoms with Crippen LogP contribution in [-0.4, -0.2) is 27.8 Å².